The van der Waals surface area contributed by atoms with Crippen molar-refractivity contribution >= 4 is 11.6 Å². The zero-order valence-electron chi connectivity index (χ0n) is 6.26. The minimum atomic E-state index is 0.782. The number of hydrogen-bond acceptors (Lipinski definition) is 1. The van der Waals surface area contributed by atoms with Crippen LogP contribution in [0.5, 0.6) is 0 Å². The van der Waals surface area contributed by atoms with E-state index in [0.29, 0.717) is 0 Å². The van der Waals surface area contributed by atoms with Gasteiger partial charge in [-0.15, -0.1) is 0 Å². The maximum atomic E-state index is 5.84. The van der Waals surface area contributed by atoms with Crippen molar-refractivity contribution < 1.29 is 0 Å². The molecule has 0 unspecified atom stereocenters. The first-order chi connectivity index (χ1) is 4.75. The van der Waals surface area contributed by atoms with E-state index in [1.165, 1.54) is 0 Å². The topological polar surface area (TPSA) is 17.8 Å². The molecule has 0 aliphatic carbocycles. The van der Waals surface area contributed by atoms with Crippen molar-refractivity contribution in [2.24, 2.45) is 7.05 Å². The van der Waals surface area contributed by atoms with E-state index in [-0.39, 0.29) is 0 Å². The third-order valence-electron chi connectivity index (χ3n) is 1.50. The third kappa shape index (κ3) is 1.32. The minimum Gasteiger partial charge on any atom is -0.271 e. The Balaban J connectivity index is 2.87. The summed E-state index contributed by atoms with van der Waals surface area (Å²) in [6.45, 7) is 2.13. The molecule has 0 bridgehead atoms. The zero-order valence-corrected chi connectivity index (χ0v) is 7.02. The van der Waals surface area contributed by atoms with Crippen molar-refractivity contribution in [1.29, 1.82) is 0 Å². The third-order valence-corrected chi connectivity index (χ3v) is 1.81. The van der Waals surface area contributed by atoms with Gasteiger partial charge in [-0.25, -0.2) is 0 Å². The first-order valence-electron chi connectivity index (χ1n) is 3.42. The van der Waals surface area contributed by atoms with Gasteiger partial charge in [0.25, 0.3) is 0 Å². The monoisotopic (exact) mass is 158 g/mol. The van der Waals surface area contributed by atoms with Crippen LogP contribution in [0.2, 0.25) is 5.02 Å². The summed E-state index contributed by atoms with van der Waals surface area (Å²) in [5, 5.41) is 4.80. The lowest BCUT2D eigenvalue weighted by Gasteiger charge is -1.98. The van der Waals surface area contributed by atoms with E-state index in [9.17, 15) is 0 Å². The molecule has 0 N–H and O–H groups in total. The SMILES string of the molecule is CCCc1c(Cl)cnn1C. The van der Waals surface area contributed by atoms with E-state index in [1.54, 1.807) is 6.20 Å². The van der Waals surface area contributed by atoms with E-state index >= 15 is 0 Å². The Morgan fingerprint density at radius 2 is 2.40 bits per heavy atom. The molecule has 3 heteroatoms. The van der Waals surface area contributed by atoms with E-state index in [2.05, 4.69) is 12.0 Å². The summed E-state index contributed by atoms with van der Waals surface area (Å²) in [5.41, 5.74) is 1.13. The van der Waals surface area contributed by atoms with Crippen molar-refractivity contribution in [2.75, 3.05) is 0 Å². The molecule has 56 valence electrons. The largest absolute Gasteiger partial charge is 0.271 e. The predicted molar refractivity (Wildman–Crippen MR) is 42.2 cm³/mol. The maximum Gasteiger partial charge on any atom is 0.0817 e. The Morgan fingerprint density at radius 3 is 2.80 bits per heavy atom. The molecule has 1 aromatic heterocycles. The van der Waals surface area contributed by atoms with Gasteiger partial charge in [0.15, 0.2) is 0 Å². The second-order valence-electron chi connectivity index (χ2n) is 2.31. The van der Waals surface area contributed by atoms with Crippen LogP contribution in [0.25, 0.3) is 0 Å². The Bertz CT molecular complexity index is 198. The quantitative estimate of drug-likeness (QED) is 0.644. The second kappa shape index (κ2) is 3.06. The smallest absolute Gasteiger partial charge is 0.0817 e. The van der Waals surface area contributed by atoms with Crippen LogP contribution >= 0.6 is 11.6 Å². The average molecular weight is 159 g/mol. The van der Waals surface area contributed by atoms with Crippen LogP contribution in [-0.4, -0.2) is 9.78 Å². The van der Waals surface area contributed by atoms with E-state index in [1.807, 2.05) is 11.7 Å². The van der Waals surface area contributed by atoms with Gasteiger partial charge in [-0.2, -0.15) is 5.10 Å². The molecule has 1 aromatic rings. The molecule has 0 saturated carbocycles. The fraction of sp³-hybridized carbons (Fsp3) is 0.571. The summed E-state index contributed by atoms with van der Waals surface area (Å²) in [7, 11) is 1.91. The molecule has 0 aliphatic rings. The number of halogens is 1. The molecule has 0 spiro atoms. The van der Waals surface area contributed by atoms with Gasteiger partial charge in [0, 0.05) is 7.05 Å². The molecule has 0 atom stereocenters. The minimum absolute atomic E-state index is 0.782. The normalized spacial score (nSPS) is 10.3. The molecule has 0 saturated heterocycles. The summed E-state index contributed by atoms with van der Waals surface area (Å²) >= 11 is 5.84. The van der Waals surface area contributed by atoms with Gasteiger partial charge < -0.3 is 0 Å². The standard InChI is InChI=1S/C7H11ClN2/c1-3-4-7-6(8)5-9-10(7)2/h5H,3-4H2,1-2H3. The van der Waals surface area contributed by atoms with Crippen molar-refractivity contribution in [1.82, 2.24) is 9.78 Å². The first kappa shape index (κ1) is 7.61. The van der Waals surface area contributed by atoms with Crippen LogP contribution in [0.15, 0.2) is 6.20 Å². The lowest BCUT2D eigenvalue weighted by atomic mass is 10.2. The molecule has 2 nitrogen and oxygen atoms in total. The molecule has 0 aliphatic heterocycles. The summed E-state index contributed by atoms with van der Waals surface area (Å²) in [6, 6.07) is 0. The van der Waals surface area contributed by atoms with E-state index in [0.717, 1.165) is 23.6 Å². The highest BCUT2D eigenvalue weighted by molar-refractivity contribution is 6.31. The van der Waals surface area contributed by atoms with Crippen LogP contribution < -0.4 is 0 Å². The second-order valence-corrected chi connectivity index (χ2v) is 2.72. The fourth-order valence-electron chi connectivity index (χ4n) is 0.954. The summed E-state index contributed by atoms with van der Waals surface area (Å²) < 4.78 is 1.83. The molecule has 0 fully saturated rings. The average Bonchev–Trinajstić information content (AvgIpc) is 2.20. The van der Waals surface area contributed by atoms with Crippen LogP contribution in [0, 0.1) is 0 Å². The van der Waals surface area contributed by atoms with Gasteiger partial charge in [-0.3, -0.25) is 4.68 Å². The number of nitrogens with zero attached hydrogens (tertiary/aromatic N) is 2. The summed E-state index contributed by atoms with van der Waals surface area (Å²) in [6.07, 6.45) is 3.81. The van der Waals surface area contributed by atoms with Crippen molar-refractivity contribution in [2.45, 2.75) is 19.8 Å². The molecule has 0 aromatic carbocycles. The maximum absolute atomic E-state index is 5.84. The zero-order chi connectivity index (χ0) is 7.56. The molecule has 1 heterocycles. The number of aromatic nitrogens is 2. The van der Waals surface area contributed by atoms with Gasteiger partial charge in [0.2, 0.25) is 0 Å². The number of aryl methyl sites for hydroxylation is 1. The molecule has 0 amide bonds. The van der Waals surface area contributed by atoms with Gasteiger partial charge >= 0.3 is 0 Å². The van der Waals surface area contributed by atoms with Gasteiger partial charge in [-0.1, -0.05) is 24.9 Å². The van der Waals surface area contributed by atoms with E-state index in [4.69, 9.17) is 11.6 Å². The fourth-order valence-corrected chi connectivity index (χ4v) is 1.21. The van der Waals surface area contributed by atoms with Gasteiger partial charge in [-0.05, 0) is 6.42 Å². The molecule has 10 heavy (non-hydrogen) atoms. The predicted octanol–water partition coefficient (Wildman–Crippen LogP) is 2.03. The van der Waals surface area contributed by atoms with Gasteiger partial charge in [0.1, 0.15) is 0 Å². The lowest BCUT2D eigenvalue weighted by molar-refractivity contribution is 0.698. The highest BCUT2D eigenvalue weighted by atomic mass is 35.5. The highest BCUT2D eigenvalue weighted by Crippen LogP contribution is 2.14. The van der Waals surface area contributed by atoms with Crippen molar-refractivity contribution in [3.8, 4) is 0 Å². The Labute approximate surface area is 65.8 Å². The summed E-state index contributed by atoms with van der Waals surface area (Å²) in [4.78, 5) is 0. The molecular weight excluding hydrogens is 148 g/mol. The number of rotatable bonds is 2. The number of hydrogen-bond donors (Lipinski definition) is 0. The Kier molecular flexibility index (Phi) is 2.33. The van der Waals surface area contributed by atoms with Crippen molar-refractivity contribution in [3.05, 3.63) is 16.9 Å². The first-order valence-corrected chi connectivity index (χ1v) is 3.80. The molecule has 1 rings (SSSR count). The van der Waals surface area contributed by atoms with Crippen molar-refractivity contribution in [3.63, 3.8) is 0 Å². The van der Waals surface area contributed by atoms with Crippen LogP contribution in [0.1, 0.15) is 19.0 Å². The Hall–Kier alpha value is -0.500. The Morgan fingerprint density at radius 1 is 1.70 bits per heavy atom. The highest BCUT2D eigenvalue weighted by Gasteiger charge is 2.02. The van der Waals surface area contributed by atoms with Crippen LogP contribution in [0.4, 0.5) is 0 Å². The molecule has 0 radical (unpaired) electrons. The van der Waals surface area contributed by atoms with Crippen LogP contribution in [-0.2, 0) is 13.5 Å². The lowest BCUT2D eigenvalue weighted by Crippen LogP contribution is -1.97. The molecular formula is C7H11ClN2. The van der Waals surface area contributed by atoms with Crippen LogP contribution in [0.3, 0.4) is 0 Å². The summed E-state index contributed by atoms with van der Waals surface area (Å²) in [5.74, 6) is 0. The van der Waals surface area contributed by atoms with Gasteiger partial charge in [0.05, 0.1) is 16.9 Å². The van der Waals surface area contributed by atoms with E-state index < -0.39 is 0 Å².